The zero-order valence-corrected chi connectivity index (χ0v) is 19.4. The Balaban J connectivity index is 1.93. The van der Waals surface area contributed by atoms with Crippen LogP contribution in [0.5, 0.6) is 0 Å². The molecule has 0 radical (unpaired) electrons. The lowest BCUT2D eigenvalue weighted by atomic mass is 10.0. The van der Waals surface area contributed by atoms with E-state index in [0.29, 0.717) is 17.9 Å². The molecule has 174 valence electrons. The highest BCUT2D eigenvalue weighted by Gasteiger charge is 2.30. The van der Waals surface area contributed by atoms with Gasteiger partial charge in [0.2, 0.25) is 0 Å². The maximum Gasteiger partial charge on any atom is 0.416 e. The lowest BCUT2D eigenvalue weighted by Crippen LogP contribution is -2.36. The minimum Gasteiger partial charge on any atom is -0.347 e. The highest BCUT2D eigenvalue weighted by Crippen LogP contribution is 2.33. The van der Waals surface area contributed by atoms with Crippen LogP contribution in [0.3, 0.4) is 0 Å². The number of aromatic nitrogens is 1. The summed E-state index contributed by atoms with van der Waals surface area (Å²) < 4.78 is 68.4. The van der Waals surface area contributed by atoms with Gasteiger partial charge in [0.15, 0.2) is 0 Å². The average molecular weight is 468 g/mol. The van der Waals surface area contributed by atoms with Crippen LogP contribution in [0, 0.1) is 5.92 Å². The molecule has 5 nitrogen and oxygen atoms in total. The third-order valence-electron chi connectivity index (χ3n) is 5.23. The van der Waals surface area contributed by atoms with Crippen LogP contribution in [0.25, 0.3) is 22.0 Å². The summed E-state index contributed by atoms with van der Waals surface area (Å²) in [5.41, 5.74) is 2.85. The summed E-state index contributed by atoms with van der Waals surface area (Å²) in [7, 11) is -0.551. The van der Waals surface area contributed by atoms with Gasteiger partial charge in [-0.25, -0.2) is 4.72 Å². The molecule has 0 unspecified atom stereocenters. The average Bonchev–Trinajstić information content (AvgIpc) is 3.03. The Morgan fingerprint density at radius 1 is 1.03 bits per heavy atom. The van der Waals surface area contributed by atoms with Crippen molar-refractivity contribution in [3.05, 3.63) is 59.8 Å². The van der Waals surface area contributed by atoms with E-state index < -0.39 is 21.9 Å². The van der Waals surface area contributed by atoms with Crippen LogP contribution in [0.4, 0.5) is 13.2 Å². The Morgan fingerprint density at radius 2 is 1.66 bits per heavy atom. The van der Waals surface area contributed by atoms with E-state index >= 15 is 0 Å². The van der Waals surface area contributed by atoms with E-state index in [1.165, 1.54) is 26.2 Å². The fourth-order valence-corrected chi connectivity index (χ4v) is 4.20. The summed E-state index contributed by atoms with van der Waals surface area (Å²) in [4.78, 5) is 0. The van der Waals surface area contributed by atoms with Crippen LogP contribution < -0.4 is 4.72 Å². The van der Waals surface area contributed by atoms with E-state index in [0.717, 1.165) is 45.0 Å². The summed E-state index contributed by atoms with van der Waals surface area (Å²) >= 11 is 0. The number of hydrogen-bond acceptors (Lipinski definition) is 2. The zero-order chi connectivity index (χ0) is 23.7. The van der Waals surface area contributed by atoms with Gasteiger partial charge < -0.3 is 4.57 Å². The van der Waals surface area contributed by atoms with Gasteiger partial charge >= 0.3 is 6.18 Å². The van der Waals surface area contributed by atoms with E-state index in [-0.39, 0.29) is 6.54 Å². The predicted octanol–water partition coefficient (Wildman–Crippen LogP) is 4.92. The maximum atomic E-state index is 12.9. The van der Waals surface area contributed by atoms with Crippen molar-refractivity contribution in [3.8, 4) is 11.1 Å². The largest absolute Gasteiger partial charge is 0.416 e. The van der Waals surface area contributed by atoms with Crippen LogP contribution >= 0.6 is 0 Å². The van der Waals surface area contributed by atoms with Crippen LogP contribution in [-0.4, -0.2) is 37.9 Å². The van der Waals surface area contributed by atoms with Crippen molar-refractivity contribution < 1.29 is 21.6 Å². The van der Waals surface area contributed by atoms with Crippen molar-refractivity contribution in [1.29, 1.82) is 0 Å². The minimum atomic E-state index is -4.36. The Hall–Kier alpha value is -2.36. The molecule has 0 saturated heterocycles. The van der Waals surface area contributed by atoms with Crippen LogP contribution in [0.15, 0.2) is 48.7 Å². The molecular weight excluding hydrogens is 439 g/mol. The first-order valence-electron chi connectivity index (χ1n) is 10.3. The topological polar surface area (TPSA) is 54.3 Å². The SMILES string of the molecule is CC(C)Cn1cc(CCNS(=O)(=O)N(C)C)c2ccc(-c3ccc(C(F)(F)F)cc3)cc21. The molecule has 0 saturated carbocycles. The van der Waals surface area contributed by atoms with Crippen LogP contribution in [0.2, 0.25) is 0 Å². The van der Waals surface area contributed by atoms with Gasteiger partial charge in [0.25, 0.3) is 10.2 Å². The van der Waals surface area contributed by atoms with Gasteiger partial charge in [-0.05, 0) is 47.2 Å². The molecule has 0 atom stereocenters. The smallest absolute Gasteiger partial charge is 0.347 e. The Labute approximate surface area is 187 Å². The van der Waals surface area contributed by atoms with Gasteiger partial charge in [-0.3, -0.25) is 0 Å². The molecule has 1 heterocycles. The number of nitrogens with zero attached hydrogens (tertiary/aromatic N) is 2. The van der Waals surface area contributed by atoms with Gasteiger partial charge in [0.1, 0.15) is 0 Å². The molecule has 0 aliphatic rings. The van der Waals surface area contributed by atoms with Gasteiger partial charge in [-0.2, -0.15) is 25.9 Å². The second-order valence-electron chi connectivity index (χ2n) is 8.44. The third-order valence-corrected chi connectivity index (χ3v) is 6.76. The number of fused-ring (bicyclic) bond motifs is 1. The standard InChI is InChI=1S/C23H28F3N3O2S/c1-16(2)14-29-15-19(11-12-27-32(30,31)28(3)4)21-10-7-18(13-22(21)29)17-5-8-20(9-6-17)23(24,25)26/h5-10,13,15-16,27H,11-12,14H2,1-4H3. The predicted molar refractivity (Wildman–Crippen MR) is 122 cm³/mol. The number of rotatable bonds is 8. The monoisotopic (exact) mass is 467 g/mol. The van der Waals surface area contributed by atoms with Crippen molar-refractivity contribution in [3.63, 3.8) is 0 Å². The fraction of sp³-hybridized carbons (Fsp3) is 0.391. The van der Waals surface area contributed by atoms with Crippen molar-refractivity contribution in [2.45, 2.75) is 33.0 Å². The van der Waals surface area contributed by atoms with E-state index in [2.05, 4.69) is 23.1 Å². The normalized spacial score (nSPS) is 12.9. The maximum absolute atomic E-state index is 12.9. The number of benzene rings is 2. The first kappa shape index (κ1) is 24.3. The number of halogens is 3. The molecule has 1 aromatic heterocycles. The summed E-state index contributed by atoms with van der Waals surface area (Å²) in [5, 5.41) is 1.00. The molecule has 0 amide bonds. The number of nitrogens with one attached hydrogen (secondary N) is 1. The second kappa shape index (κ2) is 9.25. The Kier molecular flexibility index (Phi) is 7.02. The summed E-state index contributed by atoms with van der Waals surface area (Å²) in [6.45, 7) is 5.26. The second-order valence-corrected chi connectivity index (χ2v) is 10.4. The van der Waals surface area contributed by atoms with E-state index in [4.69, 9.17) is 0 Å². The molecule has 0 fully saturated rings. The first-order chi connectivity index (χ1) is 14.9. The van der Waals surface area contributed by atoms with E-state index in [1.54, 1.807) is 0 Å². The molecule has 1 N–H and O–H groups in total. The summed E-state index contributed by atoms with van der Waals surface area (Å²) in [6.07, 6.45) is -1.81. The van der Waals surface area contributed by atoms with Crippen molar-refractivity contribution >= 4 is 21.1 Å². The van der Waals surface area contributed by atoms with Gasteiger partial charge in [0, 0.05) is 44.3 Å². The van der Waals surface area contributed by atoms with Crippen LogP contribution in [-0.2, 0) is 29.4 Å². The highest BCUT2D eigenvalue weighted by molar-refractivity contribution is 7.87. The third kappa shape index (κ3) is 5.51. The molecule has 0 aliphatic carbocycles. The highest BCUT2D eigenvalue weighted by atomic mass is 32.2. The van der Waals surface area contributed by atoms with Crippen molar-refractivity contribution in [2.75, 3.05) is 20.6 Å². The molecule has 0 aliphatic heterocycles. The molecule has 0 bridgehead atoms. The van der Waals surface area contributed by atoms with E-state index in [9.17, 15) is 21.6 Å². The summed E-state index contributed by atoms with van der Waals surface area (Å²) in [5.74, 6) is 0.389. The lowest BCUT2D eigenvalue weighted by Gasteiger charge is -2.12. The Morgan fingerprint density at radius 3 is 2.22 bits per heavy atom. The van der Waals surface area contributed by atoms with Gasteiger partial charge in [-0.1, -0.05) is 38.1 Å². The molecule has 3 aromatic rings. The zero-order valence-electron chi connectivity index (χ0n) is 18.6. The van der Waals surface area contributed by atoms with Crippen molar-refractivity contribution in [1.82, 2.24) is 13.6 Å². The fourth-order valence-electron chi connectivity index (χ4n) is 3.59. The molecule has 2 aromatic carbocycles. The summed E-state index contributed by atoms with van der Waals surface area (Å²) in [6, 6.07) is 11.0. The first-order valence-corrected chi connectivity index (χ1v) is 11.8. The van der Waals surface area contributed by atoms with E-state index in [1.807, 2.05) is 24.4 Å². The van der Waals surface area contributed by atoms with Crippen molar-refractivity contribution in [2.24, 2.45) is 5.92 Å². The number of hydrogen-bond donors (Lipinski definition) is 1. The molecule has 3 rings (SSSR count). The molecule has 9 heteroatoms. The van der Waals surface area contributed by atoms with Crippen LogP contribution in [0.1, 0.15) is 25.0 Å². The number of alkyl halides is 3. The molecule has 0 spiro atoms. The Bertz CT molecular complexity index is 1180. The molecular formula is C23H28F3N3O2S. The van der Waals surface area contributed by atoms with Gasteiger partial charge in [0.05, 0.1) is 5.56 Å². The van der Waals surface area contributed by atoms with Gasteiger partial charge in [-0.15, -0.1) is 0 Å². The minimum absolute atomic E-state index is 0.266. The lowest BCUT2D eigenvalue weighted by molar-refractivity contribution is -0.137. The molecule has 32 heavy (non-hydrogen) atoms. The quantitative estimate of drug-likeness (QED) is 0.511.